The van der Waals surface area contributed by atoms with E-state index in [1.807, 2.05) is 13.8 Å². The van der Waals surface area contributed by atoms with Gasteiger partial charge < -0.3 is 16.4 Å². The van der Waals surface area contributed by atoms with Crippen LogP contribution in [0, 0.1) is 0 Å². The van der Waals surface area contributed by atoms with Crippen molar-refractivity contribution in [2.45, 2.75) is 45.7 Å². The SMILES string of the molecule is CCC(C)NC(=O)c1ccccc1NC(=O)C(C)(C)N. The fourth-order valence-electron chi connectivity index (χ4n) is 1.48. The lowest BCUT2D eigenvalue weighted by Gasteiger charge is -2.20. The summed E-state index contributed by atoms with van der Waals surface area (Å²) in [6.07, 6.45) is 0.843. The van der Waals surface area contributed by atoms with Crippen LogP contribution < -0.4 is 16.4 Å². The van der Waals surface area contributed by atoms with E-state index in [-0.39, 0.29) is 17.9 Å². The molecule has 5 nitrogen and oxygen atoms in total. The lowest BCUT2D eigenvalue weighted by atomic mass is 10.1. The van der Waals surface area contributed by atoms with Crippen LogP contribution >= 0.6 is 0 Å². The summed E-state index contributed by atoms with van der Waals surface area (Å²) < 4.78 is 0. The summed E-state index contributed by atoms with van der Waals surface area (Å²) in [7, 11) is 0. The van der Waals surface area contributed by atoms with E-state index in [9.17, 15) is 9.59 Å². The molecule has 0 radical (unpaired) electrons. The normalized spacial score (nSPS) is 12.7. The van der Waals surface area contributed by atoms with Crippen molar-refractivity contribution in [1.82, 2.24) is 5.32 Å². The molecule has 20 heavy (non-hydrogen) atoms. The van der Waals surface area contributed by atoms with Crippen LogP contribution in [0.25, 0.3) is 0 Å². The van der Waals surface area contributed by atoms with E-state index in [1.54, 1.807) is 38.1 Å². The van der Waals surface area contributed by atoms with E-state index in [2.05, 4.69) is 10.6 Å². The minimum atomic E-state index is -1.000. The van der Waals surface area contributed by atoms with Crippen LogP contribution in [0.3, 0.4) is 0 Å². The molecule has 0 saturated carbocycles. The van der Waals surface area contributed by atoms with Crippen molar-refractivity contribution in [2.75, 3.05) is 5.32 Å². The number of para-hydroxylation sites is 1. The third kappa shape index (κ3) is 4.35. The van der Waals surface area contributed by atoms with Gasteiger partial charge in [-0.15, -0.1) is 0 Å². The van der Waals surface area contributed by atoms with Gasteiger partial charge in [0, 0.05) is 6.04 Å². The van der Waals surface area contributed by atoms with E-state index in [0.29, 0.717) is 11.3 Å². The predicted octanol–water partition coefficient (Wildman–Crippen LogP) is 1.89. The second-order valence-corrected chi connectivity index (χ2v) is 5.50. The predicted molar refractivity (Wildman–Crippen MR) is 80.6 cm³/mol. The fraction of sp³-hybridized carbons (Fsp3) is 0.467. The van der Waals surface area contributed by atoms with E-state index >= 15 is 0 Å². The summed E-state index contributed by atoms with van der Waals surface area (Å²) in [6.45, 7) is 7.16. The van der Waals surface area contributed by atoms with Gasteiger partial charge in [0.25, 0.3) is 5.91 Å². The highest BCUT2D eigenvalue weighted by molar-refractivity contribution is 6.05. The molecule has 0 aromatic heterocycles. The number of benzene rings is 1. The van der Waals surface area contributed by atoms with Gasteiger partial charge >= 0.3 is 0 Å². The maximum atomic E-state index is 12.2. The topological polar surface area (TPSA) is 84.2 Å². The van der Waals surface area contributed by atoms with Crippen LogP contribution in [0.4, 0.5) is 5.69 Å². The molecule has 110 valence electrons. The lowest BCUT2D eigenvalue weighted by molar-refractivity contribution is -0.120. The maximum absolute atomic E-state index is 12.2. The molecular weight excluding hydrogens is 254 g/mol. The van der Waals surface area contributed by atoms with Gasteiger partial charge in [0.15, 0.2) is 0 Å². The monoisotopic (exact) mass is 277 g/mol. The number of carbonyl (C=O) groups excluding carboxylic acids is 2. The van der Waals surface area contributed by atoms with Crippen LogP contribution in [0.5, 0.6) is 0 Å². The van der Waals surface area contributed by atoms with Crippen LogP contribution in [0.1, 0.15) is 44.5 Å². The van der Waals surface area contributed by atoms with Crippen molar-refractivity contribution in [2.24, 2.45) is 5.73 Å². The van der Waals surface area contributed by atoms with E-state index in [0.717, 1.165) is 6.42 Å². The summed E-state index contributed by atoms with van der Waals surface area (Å²) in [5.41, 5.74) is 5.65. The van der Waals surface area contributed by atoms with Gasteiger partial charge in [0.2, 0.25) is 5.91 Å². The van der Waals surface area contributed by atoms with Crippen LogP contribution in [0.2, 0.25) is 0 Å². The molecule has 1 unspecified atom stereocenters. The molecule has 0 saturated heterocycles. The van der Waals surface area contributed by atoms with Crippen molar-refractivity contribution in [1.29, 1.82) is 0 Å². The van der Waals surface area contributed by atoms with Crippen LogP contribution in [-0.2, 0) is 4.79 Å². The van der Waals surface area contributed by atoms with Gasteiger partial charge in [-0.25, -0.2) is 0 Å². The molecular formula is C15H23N3O2. The summed E-state index contributed by atoms with van der Waals surface area (Å²) in [6, 6.07) is 6.97. The first-order valence-electron chi connectivity index (χ1n) is 6.76. The Balaban J connectivity index is 2.94. The zero-order valence-corrected chi connectivity index (χ0v) is 12.5. The smallest absolute Gasteiger partial charge is 0.253 e. The minimum absolute atomic E-state index is 0.0807. The summed E-state index contributed by atoms with van der Waals surface area (Å²) in [5.74, 6) is -0.536. The molecule has 0 heterocycles. The summed E-state index contributed by atoms with van der Waals surface area (Å²) in [4.78, 5) is 24.1. The first-order valence-corrected chi connectivity index (χ1v) is 6.76. The van der Waals surface area contributed by atoms with E-state index in [4.69, 9.17) is 5.73 Å². The van der Waals surface area contributed by atoms with Gasteiger partial charge in [-0.1, -0.05) is 19.1 Å². The molecule has 0 aliphatic carbocycles. The zero-order chi connectivity index (χ0) is 15.3. The molecule has 4 N–H and O–H groups in total. The van der Waals surface area contributed by atoms with Gasteiger partial charge in [-0.2, -0.15) is 0 Å². The maximum Gasteiger partial charge on any atom is 0.253 e. The Bertz CT molecular complexity index is 492. The molecule has 0 aliphatic heterocycles. The number of carbonyl (C=O) groups is 2. The summed E-state index contributed by atoms with van der Waals surface area (Å²) >= 11 is 0. The highest BCUT2D eigenvalue weighted by atomic mass is 16.2. The van der Waals surface area contributed by atoms with Crippen molar-refractivity contribution in [3.63, 3.8) is 0 Å². The Morgan fingerprint density at radius 3 is 2.45 bits per heavy atom. The molecule has 0 bridgehead atoms. The number of nitrogens with two attached hydrogens (primary N) is 1. The Morgan fingerprint density at radius 1 is 1.30 bits per heavy atom. The van der Waals surface area contributed by atoms with Crippen LogP contribution in [0.15, 0.2) is 24.3 Å². The quantitative estimate of drug-likeness (QED) is 0.768. The molecule has 1 atom stereocenters. The molecule has 2 amide bonds. The fourth-order valence-corrected chi connectivity index (χ4v) is 1.48. The Labute approximate surface area is 119 Å². The number of nitrogens with one attached hydrogen (secondary N) is 2. The number of rotatable bonds is 5. The number of amides is 2. The largest absolute Gasteiger partial charge is 0.350 e. The Morgan fingerprint density at radius 2 is 1.90 bits per heavy atom. The average molecular weight is 277 g/mol. The van der Waals surface area contributed by atoms with Gasteiger partial charge in [0.05, 0.1) is 16.8 Å². The van der Waals surface area contributed by atoms with Crippen LogP contribution in [-0.4, -0.2) is 23.4 Å². The first kappa shape index (κ1) is 16.2. The van der Waals surface area contributed by atoms with E-state index in [1.165, 1.54) is 0 Å². The van der Waals surface area contributed by atoms with E-state index < -0.39 is 5.54 Å². The lowest BCUT2D eigenvalue weighted by Crippen LogP contribution is -2.45. The second-order valence-electron chi connectivity index (χ2n) is 5.50. The van der Waals surface area contributed by atoms with Crippen molar-refractivity contribution in [3.8, 4) is 0 Å². The molecule has 1 aromatic rings. The molecule has 0 spiro atoms. The minimum Gasteiger partial charge on any atom is -0.350 e. The highest BCUT2D eigenvalue weighted by Crippen LogP contribution is 2.16. The number of hydrogen-bond acceptors (Lipinski definition) is 3. The van der Waals surface area contributed by atoms with Crippen molar-refractivity contribution < 1.29 is 9.59 Å². The highest BCUT2D eigenvalue weighted by Gasteiger charge is 2.23. The second kappa shape index (κ2) is 6.52. The standard InChI is InChI=1S/C15H23N3O2/c1-5-10(2)17-13(19)11-8-6-7-9-12(11)18-14(20)15(3,4)16/h6-10H,5,16H2,1-4H3,(H,17,19)(H,18,20). The number of anilines is 1. The Kier molecular flexibility index (Phi) is 5.27. The van der Waals surface area contributed by atoms with Gasteiger partial charge in [-0.3, -0.25) is 9.59 Å². The molecule has 0 fully saturated rings. The Hall–Kier alpha value is -1.88. The molecule has 5 heteroatoms. The van der Waals surface area contributed by atoms with Gasteiger partial charge in [0.1, 0.15) is 0 Å². The zero-order valence-electron chi connectivity index (χ0n) is 12.5. The molecule has 0 aliphatic rings. The average Bonchev–Trinajstić information content (AvgIpc) is 2.37. The first-order chi connectivity index (χ1) is 9.25. The summed E-state index contributed by atoms with van der Waals surface area (Å²) in [5, 5.41) is 5.57. The third-order valence-corrected chi connectivity index (χ3v) is 2.99. The molecule has 1 rings (SSSR count). The van der Waals surface area contributed by atoms with Crippen molar-refractivity contribution >= 4 is 17.5 Å². The molecule has 1 aromatic carbocycles. The third-order valence-electron chi connectivity index (χ3n) is 2.99. The number of hydrogen-bond donors (Lipinski definition) is 3. The van der Waals surface area contributed by atoms with Gasteiger partial charge in [-0.05, 0) is 39.3 Å². The van der Waals surface area contributed by atoms with Crippen molar-refractivity contribution in [3.05, 3.63) is 29.8 Å².